The molecule has 2 aromatic carbocycles. The van der Waals surface area contributed by atoms with Crippen molar-refractivity contribution in [3.8, 4) is 5.75 Å². The van der Waals surface area contributed by atoms with Gasteiger partial charge < -0.3 is 14.5 Å². The minimum Gasteiger partial charge on any atom is -0.494 e. The van der Waals surface area contributed by atoms with Gasteiger partial charge in [-0.2, -0.15) is 0 Å². The zero-order valence-electron chi connectivity index (χ0n) is 15.5. The zero-order valence-corrected chi connectivity index (χ0v) is 15.5. The molecule has 0 aliphatic carbocycles. The number of rotatable bonds is 5. The number of hydrogen-bond acceptors (Lipinski definition) is 3. The van der Waals surface area contributed by atoms with Gasteiger partial charge in [0.25, 0.3) is 0 Å². The molecule has 0 saturated carbocycles. The second-order valence-corrected chi connectivity index (χ2v) is 6.43. The molecule has 4 nitrogen and oxygen atoms in total. The van der Waals surface area contributed by atoms with Crippen molar-refractivity contribution in [3.63, 3.8) is 0 Å². The van der Waals surface area contributed by atoms with Gasteiger partial charge in [0.15, 0.2) is 0 Å². The minimum absolute atomic E-state index is 0.0725. The van der Waals surface area contributed by atoms with Gasteiger partial charge in [-0.3, -0.25) is 4.79 Å². The molecule has 0 unspecified atom stereocenters. The highest BCUT2D eigenvalue weighted by Gasteiger charge is 2.20. The SMILES string of the molecule is CCOc1ccc(/C=C/C(=O)N2CCN(c3ccccc3C)CC2)cc1. The van der Waals surface area contributed by atoms with Gasteiger partial charge in [0.05, 0.1) is 6.61 Å². The quantitative estimate of drug-likeness (QED) is 0.770. The molecule has 1 saturated heterocycles. The lowest BCUT2D eigenvalue weighted by Gasteiger charge is -2.36. The van der Waals surface area contributed by atoms with Crippen LogP contribution in [-0.4, -0.2) is 43.6 Å². The number of para-hydroxylation sites is 1. The fourth-order valence-corrected chi connectivity index (χ4v) is 3.20. The lowest BCUT2D eigenvalue weighted by molar-refractivity contribution is -0.126. The lowest BCUT2D eigenvalue weighted by Crippen LogP contribution is -2.48. The maximum absolute atomic E-state index is 12.4. The van der Waals surface area contributed by atoms with Crippen molar-refractivity contribution in [3.05, 3.63) is 65.7 Å². The van der Waals surface area contributed by atoms with Crippen LogP contribution in [0, 0.1) is 6.92 Å². The molecule has 0 N–H and O–H groups in total. The van der Waals surface area contributed by atoms with Gasteiger partial charge >= 0.3 is 0 Å². The van der Waals surface area contributed by atoms with Crippen molar-refractivity contribution < 1.29 is 9.53 Å². The van der Waals surface area contributed by atoms with E-state index in [1.807, 2.05) is 42.2 Å². The first-order chi connectivity index (χ1) is 12.7. The molecule has 2 aromatic rings. The van der Waals surface area contributed by atoms with E-state index in [9.17, 15) is 4.79 Å². The number of nitrogens with zero attached hydrogens (tertiary/aromatic N) is 2. The fraction of sp³-hybridized carbons (Fsp3) is 0.318. The van der Waals surface area contributed by atoms with E-state index in [-0.39, 0.29) is 5.91 Å². The average molecular weight is 350 g/mol. The molecular formula is C22H26N2O2. The maximum Gasteiger partial charge on any atom is 0.246 e. The number of amides is 1. The highest BCUT2D eigenvalue weighted by molar-refractivity contribution is 5.92. The Morgan fingerprint density at radius 3 is 2.38 bits per heavy atom. The van der Waals surface area contributed by atoms with E-state index in [4.69, 9.17) is 4.74 Å². The summed E-state index contributed by atoms with van der Waals surface area (Å²) in [6.45, 7) is 7.99. The number of carbonyl (C=O) groups excluding carboxylic acids is 1. The van der Waals surface area contributed by atoms with Crippen LogP contribution in [0.3, 0.4) is 0 Å². The number of carbonyl (C=O) groups is 1. The van der Waals surface area contributed by atoms with E-state index in [0.717, 1.165) is 37.5 Å². The summed E-state index contributed by atoms with van der Waals surface area (Å²) in [5, 5.41) is 0. The summed E-state index contributed by atoms with van der Waals surface area (Å²) in [5.74, 6) is 0.923. The minimum atomic E-state index is 0.0725. The van der Waals surface area contributed by atoms with Gasteiger partial charge in [-0.15, -0.1) is 0 Å². The standard InChI is InChI=1S/C22H26N2O2/c1-3-26-20-11-8-19(9-12-20)10-13-22(25)24-16-14-23(15-17-24)21-7-5-4-6-18(21)2/h4-13H,3,14-17H2,1-2H3/b13-10+. The Balaban J connectivity index is 1.54. The Morgan fingerprint density at radius 2 is 1.73 bits per heavy atom. The van der Waals surface area contributed by atoms with Crippen molar-refractivity contribution in [2.24, 2.45) is 0 Å². The fourth-order valence-electron chi connectivity index (χ4n) is 3.20. The summed E-state index contributed by atoms with van der Waals surface area (Å²) in [6, 6.07) is 16.2. The predicted octanol–water partition coefficient (Wildman–Crippen LogP) is 3.76. The molecule has 0 bridgehead atoms. The molecule has 1 heterocycles. The second kappa shape index (κ2) is 8.56. The molecule has 1 aliphatic rings. The molecule has 0 aromatic heterocycles. The lowest BCUT2D eigenvalue weighted by atomic mass is 10.1. The number of ether oxygens (including phenoxy) is 1. The highest BCUT2D eigenvalue weighted by atomic mass is 16.5. The van der Waals surface area contributed by atoms with Crippen molar-refractivity contribution in [1.29, 1.82) is 0 Å². The highest BCUT2D eigenvalue weighted by Crippen LogP contribution is 2.21. The van der Waals surface area contributed by atoms with Crippen LogP contribution < -0.4 is 9.64 Å². The van der Waals surface area contributed by atoms with E-state index < -0.39 is 0 Å². The number of anilines is 1. The van der Waals surface area contributed by atoms with Crippen molar-refractivity contribution in [2.45, 2.75) is 13.8 Å². The third-order valence-electron chi connectivity index (χ3n) is 4.66. The zero-order chi connectivity index (χ0) is 18.4. The summed E-state index contributed by atoms with van der Waals surface area (Å²) in [5.41, 5.74) is 3.55. The van der Waals surface area contributed by atoms with Gasteiger partial charge in [0.1, 0.15) is 5.75 Å². The maximum atomic E-state index is 12.4. The summed E-state index contributed by atoms with van der Waals surface area (Å²) >= 11 is 0. The monoisotopic (exact) mass is 350 g/mol. The number of aryl methyl sites for hydroxylation is 1. The Labute approximate surface area is 155 Å². The summed E-state index contributed by atoms with van der Waals surface area (Å²) in [7, 11) is 0. The van der Waals surface area contributed by atoms with Gasteiger partial charge in [-0.25, -0.2) is 0 Å². The molecule has 1 fully saturated rings. The molecule has 0 atom stereocenters. The van der Waals surface area contributed by atoms with Crippen LogP contribution in [0.25, 0.3) is 6.08 Å². The van der Waals surface area contributed by atoms with Crippen LogP contribution in [0.5, 0.6) is 5.75 Å². The van der Waals surface area contributed by atoms with Crippen LogP contribution in [0.2, 0.25) is 0 Å². The number of benzene rings is 2. The van der Waals surface area contributed by atoms with Crippen LogP contribution in [0.15, 0.2) is 54.6 Å². The Hall–Kier alpha value is -2.75. The Kier molecular flexibility index (Phi) is 5.95. The first-order valence-corrected chi connectivity index (χ1v) is 9.18. The molecule has 4 heteroatoms. The van der Waals surface area contributed by atoms with E-state index >= 15 is 0 Å². The van der Waals surface area contributed by atoms with Crippen molar-refractivity contribution in [1.82, 2.24) is 4.90 Å². The van der Waals surface area contributed by atoms with Crippen molar-refractivity contribution in [2.75, 3.05) is 37.7 Å². The van der Waals surface area contributed by atoms with Crippen LogP contribution in [-0.2, 0) is 4.79 Å². The molecule has 3 rings (SSSR count). The van der Waals surface area contributed by atoms with Crippen LogP contribution in [0.4, 0.5) is 5.69 Å². The molecule has 0 radical (unpaired) electrons. The van der Waals surface area contributed by atoms with E-state index in [1.54, 1.807) is 6.08 Å². The summed E-state index contributed by atoms with van der Waals surface area (Å²) < 4.78 is 5.43. The van der Waals surface area contributed by atoms with Crippen molar-refractivity contribution >= 4 is 17.7 Å². The number of piperazine rings is 1. The topological polar surface area (TPSA) is 32.8 Å². The smallest absolute Gasteiger partial charge is 0.246 e. The van der Waals surface area contributed by atoms with E-state index in [0.29, 0.717) is 6.61 Å². The second-order valence-electron chi connectivity index (χ2n) is 6.43. The van der Waals surface area contributed by atoms with Gasteiger partial charge in [0, 0.05) is 37.9 Å². The molecule has 26 heavy (non-hydrogen) atoms. The molecule has 1 aliphatic heterocycles. The third-order valence-corrected chi connectivity index (χ3v) is 4.66. The molecule has 1 amide bonds. The molecular weight excluding hydrogens is 324 g/mol. The van der Waals surface area contributed by atoms with E-state index in [1.165, 1.54) is 11.3 Å². The Bertz CT molecular complexity index is 760. The predicted molar refractivity (Wildman–Crippen MR) is 107 cm³/mol. The largest absolute Gasteiger partial charge is 0.494 e. The van der Waals surface area contributed by atoms with Crippen LogP contribution in [0.1, 0.15) is 18.1 Å². The van der Waals surface area contributed by atoms with Gasteiger partial charge in [0.2, 0.25) is 5.91 Å². The Morgan fingerprint density at radius 1 is 1.04 bits per heavy atom. The van der Waals surface area contributed by atoms with E-state index in [2.05, 4.69) is 36.1 Å². The average Bonchev–Trinajstić information content (AvgIpc) is 2.68. The first kappa shape index (κ1) is 18.1. The normalized spacial score (nSPS) is 14.7. The first-order valence-electron chi connectivity index (χ1n) is 9.18. The third kappa shape index (κ3) is 4.45. The van der Waals surface area contributed by atoms with Crippen LogP contribution >= 0.6 is 0 Å². The summed E-state index contributed by atoms with van der Waals surface area (Å²) in [4.78, 5) is 16.7. The number of hydrogen-bond donors (Lipinski definition) is 0. The van der Waals surface area contributed by atoms with Gasteiger partial charge in [-0.05, 0) is 49.2 Å². The molecule has 136 valence electrons. The summed E-state index contributed by atoms with van der Waals surface area (Å²) in [6.07, 6.45) is 3.53. The van der Waals surface area contributed by atoms with Gasteiger partial charge in [-0.1, -0.05) is 30.3 Å². The molecule has 0 spiro atoms.